The van der Waals surface area contributed by atoms with E-state index in [4.69, 9.17) is 4.74 Å². The van der Waals surface area contributed by atoms with Gasteiger partial charge in [-0.2, -0.15) is 0 Å². The van der Waals surface area contributed by atoms with Crippen molar-refractivity contribution in [2.24, 2.45) is 0 Å². The van der Waals surface area contributed by atoms with Crippen molar-refractivity contribution in [1.82, 2.24) is 28.7 Å². The van der Waals surface area contributed by atoms with E-state index >= 15 is 0 Å². The number of imidazole rings is 2. The van der Waals surface area contributed by atoms with Crippen LogP contribution in [0.3, 0.4) is 0 Å². The quantitative estimate of drug-likeness (QED) is 0.400. The molecule has 0 unspecified atom stereocenters. The molecule has 0 spiro atoms. The van der Waals surface area contributed by atoms with Crippen molar-refractivity contribution in [1.29, 1.82) is 0 Å². The molecule has 4 heterocycles. The van der Waals surface area contributed by atoms with Crippen molar-refractivity contribution in [2.45, 2.75) is 20.4 Å². The summed E-state index contributed by atoms with van der Waals surface area (Å²) in [6, 6.07) is 13.0. The van der Waals surface area contributed by atoms with Gasteiger partial charge in [0.05, 0.1) is 41.4 Å². The number of para-hydroxylation sites is 1. The maximum atomic E-state index is 13.3. The van der Waals surface area contributed by atoms with Gasteiger partial charge in [0, 0.05) is 11.8 Å². The highest BCUT2D eigenvalue weighted by Gasteiger charge is 2.20. The summed E-state index contributed by atoms with van der Waals surface area (Å²) in [7, 11) is 0. The Kier molecular flexibility index (Phi) is 4.78. The van der Waals surface area contributed by atoms with Gasteiger partial charge in [-0.1, -0.05) is 12.1 Å². The van der Waals surface area contributed by atoms with Crippen LogP contribution >= 0.6 is 0 Å². The lowest BCUT2D eigenvalue weighted by Crippen LogP contribution is -2.27. The van der Waals surface area contributed by atoms with Gasteiger partial charge in [0.25, 0.3) is 0 Å². The lowest BCUT2D eigenvalue weighted by molar-refractivity contribution is -0.143. The first-order valence-electron chi connectivity index (χ1n) is 10.2. The molecule has 0 atom stereocenters. The van der Waals surface area contributed by atoms with Crippen LogP contribution in [-0.4, -0.2) is 41.3 Å². The highest BCUT2D eigenvalue weighted by molar-refractivity contribution is 5.83. The summed E-state index contributed by atoms with van der Waals surface area (Å²) < 4.78 is 9.84. The molecule has 5 rings (SSSR count). The fraction of sp³-hybridized carbons (Fsp3) is 0.174. The molecular formula is C23H20N6O3. The molecule has 9 heteroatoms. The van der Waals surface area contributed by atoms with Gasteiger partial charge in [-0.3, -0.25) is 9.36 Å². The highest BCUT2D eigenvalue weighted by Crippen LogP contribution is 2.24. The molecule has 9 nitrogen and oxygen atoms in total. The molecule has 0 fully saturated rings. The molecule has 0 saturated heterocycles. The van der Waals surface area contributed by atoms with E-state index in [-0.39, 0.29) is 18.8 Å². The number of ether oxygens (including phenoxy) is 1. The first kappa shape index (κ1) is 19.7. The maximum absolute atomic E-state index is 13.3. The monoisotopic (exact) mass is 428 g/mol. The number of esters is 1. The Hall–Kier alpha value is -4.27. The minimum atomic E-state index is -0.467. The molecule has 0 aliphatic carbocycles. The molecule has 160 valence electrons. The Morgan fingerprint density at radius 1 is 1.06 bits per heavy atom. The third-order valence-corrected chi connectivity index (χ3v) is 5.35. The predicted octanol–water partition coefficient (Wildman–Crippen LogP) is 2.77. The number of fused-ring (bicyclic) bond motifs is 2. The number of nitrogens with zero attached hydrogens (tertiary/aromatic N) is 6. The van der Waals surface area contributed by atoms with E-state index in [9.17, 15) is 9.59 Å². The number of rotatable bonds is 5. The Balaban J connectivity index is 1.63. The Morgan fingerprint density at radius 3 is 2.72 bits per heavy atom. The molecule has 0 N–H and O–H groups in total. The second kappa shape index (κ2) is 7.77. The fourth-order valence-corrected chi connectivity index (χ4v) is 3.93. The zero-order chi connectivity index (χ0) is 22.2. The van der Waals surface area contributed by atoms with E-state index in [0.29, 0.717) is 22.5 Å². The third kappa shape index (κ3) is 3.15. The summed E-state index contributed by atoms with van der Waals surface area (Å²) in [4.78, 5) is 29.6. The maximum Gasteiger partial charge on any atom is 0.335 e. The van der Waals surface area contributed by atoms with E-state index in [1.807, 2.05) is 53.9 Å². The zero-order valence-corrected chi connectivity index (χ0v) is 17.6. The van der Waals surface area contributed by atoms with Gasteiger partial charge in [-0.15, -0.1) is 10.2 Å². The second-order valence-corrected chi connectivity index (χ2v) is 7.34. The number of carbonyl (C=O) groups is 1. The number of aromatic nitrogens is 6. The summed E-state index contributed by atoms with van der Waals surface area (Å²) in [5.41, 5.74) is 4.30. The minimum Gasteiger partial charge on any atom is -0.465 e. The summed E-state index contributed by atoms with van der Waals surface area (Å²) in [6.07, 6.45) is 5.40. The first-order valence-corrected chi connectivity index (χ1v) is 10.2. The van der Waals surface area contributed by atoms with Gasteiger partial charge in [0.15, 0.2) is 5.82 Å². The Bertz CT molecular complexity index is 1510. The van der Waals surface area contributed by atoms with E-state index in [2.05, 4.69) is 15.2 Å². The smallest absolute Gasteiger partial charge is 0.335 e. The van der Waals surface area contributed by atoms with Gasteiger partial charge in [-0.25, -0.2) is 14.3 Å². The average molecular weight is 428 g/mol. The van der Waals surface area contributed by atoms with Crippen LogP contribution in [0.15, 0.2) is 66.0 Å². The fourth-order valence-electron chi connectivity index (χ4n) is 3.93. The van der Waals surface area contributed by atoms with E-state index in [1.54, 1.807) is 25.5 Å². The van der Waals surface area contributed by atoms with E-state index < -0.39 is 5.97 Å². The topological polar surface area (TPSA) is 96.3 Å². The van der Waals surface area contributed by atoms with Gasteiger partial charge in [0.2, 0.25) is 0 Å². The van der Waals surface area contributed by atoms with Crippen LogP contribution in [0.2, 0.25) is 0 Å². The van der Waals surface area contributed by atoms with Crippen LogP contribution in [-0.2, 0) is 16.1 Å². The predicted molar refractivity (Wildman–Crippen MR) is 119 cm³/mol. The lowest BCUT2D eigenvalue weighted by atomic mass is 10.1. The molecule has 32 heavy (non-hydrogen) atoms. The first-order chi connectivity index (χ1) is 15.6. The van der Waals surface area contributed by atoms with E-state index in [1.165, 1.54) is 9.13 Å². The molecule has 4 aromatic heterocycles. The number of carbonyl (C=O) groups excluding carboxylic acids is 1. The third-order valence-electron chi connectivity index (χ3n) is 5.35. The number of pyridine rings is 1. The van der Waals surface area contributed by atoms with Gasteiger partial charge in [-0.05, 0) is 49.7 Å². The second-order valence-electron chi connectivity index (χ2n) is 7.34. The van der Waals surface area contributed by atoms with Gasteiger partial charge in [0.1, 0.15) is 6.54 Å². The summed E-state index contributed by atoms with van der Waals surface area (Å²) in [5, 5.41) is 8.73. The van der Waals surface area contributed by atoms with Crippen molar-refractivity contribution in [3.63, 3.8) is 0 Å². The van der Waals surface area contributed by atoms with E-state index in [0.717, 1.165) is 16.6 Å². The van der Waals surface area contributed by atoms with Crippen LogP contribution < -0.4 is 5.69 Å². The van der Waals surface area contributed by atoms with Crippen molar-refractivity contribution < 1.29 is 9.53 Å². The molecular weight excluding hydrogens is 408 g/mol. The number of hydrogen-bond donors (Lipinski definition) is 0. The Morgan fingerprint density at radius 2 is 1.94 bits per heavy atom. The molecule has 0 bridgehead atoms. The van der Waals surface area contributed by atoms with Gasteiger partial charge >= 0.3 is 11.7 Å². The van der Waals surface area contributed by atoms with Crippen LogP contribution in [0.5, 0.6) is 0 Å². The zero-order valence-electron chi connectivity index (χ0n) is 17.6. The summed E-state index contributed by atoms with van der Waals surface area (Å²) in [5.74, 6) is -0.0911. The van der Waals surface area contributed by atoms with Crippen LogP contribution in [0.4, 0.5) is 0 Å². The lowest BCUT2D eigenvalue weighted by Gasteiger charge is -2.06. The molecule has 5 aromatic rings. The highest BCUT2D eigenvalue weighted by atomic mass is 16.5. The SMILES string of the molecule is CCOC(=O)Cn1c(=O)n(-c2ccc(-c3cccn4cncc34)nn2)c2c(C)cccc21. The minimum absolute atomic E-state index is 0.172. The van der Waals surface area contributed by atoms with Crippen molar-refractivity contribution in [2.75, 3.05) is 6.61 Å². The molecule has 0 amide bonds. The number of benzene rings is 1. The molecule has 0 aliphatic rings. The van der Waals surface area contributed by atoms with Gasteiger partial charge < -0.3 is 9.14 Å². The molecule has 0 radical (unpaired) electrons. The molecule has 0 saturated carbocycles. The van der Waals surface area contributed by atoms with Crippen molar-refractivity contribution in [3.8, 4) is 17.1 Å². The van der Waals surface area contributed by atoms with Crippen molar-refractivity contribution >= 4 is 22.5 Å². The van der Waals surface area contributed by atoms with Crippen LogP contribution in [0.1, 0.15) is 12.5 Å². The summed E-state index contributed by atoms with van der Waals surface area (Å²) in [6.45, 7) is 3.72. The Labute approximate surface area is 182 Å². The standard InChI is InChI=1S/C23H20N6O3/c1-3-32-21(30)13-28-18-8-4-6-15(2)22(18)29(23(28)31)20-10-9-17(25-26-20)16-7-5-11-27-14-24-12-19(16)27/h4-12,14H,3,13H2,1-2H3. The van der Waals surface area contributed by atoms with Crippen molar-refractivity contribution in [3.05, 3.63) is 77.2 Å². The largest absolute Gasteiger partial charge is 0.465 e. The summed E-state index contributed by atoms with van der Waals surface area (Å²) >= 11 is 0. The van der Waals surface area contributed by atoms with Crippen LogP contribution in [0, 0.1) is 6.92 Å². The molecule has 1 aromatic carbocycles. The molecule has 0 aliphatic heterocycles. The normalized spacial score (nSPS) is 11.3. The average Bonchev–Trinajstić information content (AvgIpc) is 3.38. The van der Waals surface area contributed by atoms with Crippen LogP contribution in [0.25, 0.3) is 33.6 Å². The number of aryl methyl sites for hydroxylation is 1. The number of hydrogen-bond acceptors (Lipinski definition) is 6.